The molecule has 1 aromatic carbocycles. The number of nitrogen functional groups attached to an aromatic ring is 1. The third kappa shape index (κ3) is 3.04. The fraction of sp³-hybridized carbons (Fsp3) is 0.0769. The van der Waals surface area contributed by atoms with Gasteiger partial charge in [-0.1, -0.05) is 0 Å². The van der Waals surface area contributed by atoms with Gasteiger partial charge in [0.05, 0.1) is 5.56 Å². The average Bonchev–Trinajstić information content (AvgIpc) is 2.40. The number of hydrogen-bond acceptors (Lipinski definition) is 4. The molecule has 19 heavy (non-hydrogen) atoms. The molecule has 98 valence electrons. The van der Waals surface area contributed by atoms with Gasteiger partial charge >= 0.3 is 6.61 Å². The summed E-state index contributed by atoms with van der Waals surface area (Å²) < 4.78 is 28.9. The summed E-state index contributed by atoms with van der Waals surface area (Å²) in [4.78, 5) is 16.0. The number of hydrogen-bond donors (Lipinski definition) is 1. The molecular formula is C13H10F2N2O2. The van der Waals surface area contributed by atoms with E-state index in [2.05, 4.69) is 9.72 Å². The SMILES string of the molecule is Nc1ccc(OC(F)F)c(C(=O)c2cccnc2)c1. The Kier molecular flexibility index (Phi) is 3.70. The number of aromatic nitrogens is 1. The van der Waals surface area contributed by atoms with E-state index in [4.69, 9.17) is 5.73 Å². The van der Waals surface area contributed by atoms with Crippen LogP contribution in [0, 0.1) is 0 Å². The van der Waals surface area contributed by atoms with Gasteiger partial charge in [0, 0.05) is 23.6 Å². The number of pyridine rings is 1. The van der Waals surface area contributed by atoms with Crippen LogP contribution in [0.15, 0.2) is 42.7 Å². The number of alkyl halides is 2. The minimum Gasteiger partial charge on any atom is -0.434 e. The fourth-order valence-electron chi connectivity index (χ4n) is 1.58. The largest absolute Gasteiger partial charge is 0.434 e. The van der Waals surface area contributed by atoms with Crippen LogP contribution in [0.4, 0.5) is 14.5 Å². The summed E-state index contributed by atoms with van der Waals surface area (Å²) in [5.74, 6) is -0.686. The van der Waals surface area contributed by atoms with Gasteiger partial charge in [-0.25, -0.2) is 0 Å². The average molecular weight is 264 g/mol. The van der Waals surface area contributed by atoms with Crippen molar-refractivity contribution in [3.8, 4) is 5.75 Å². The molecule has 6 heteroatoms. The van der Waals surface area contributed by atoms with Crippen LogP contribution in [0.2, 0.25) is 0 Å². The van der Waals surface area contributed by atoms with Crippen molar-refractivity contribution in [1.82, 2.24) is 4.98 Å². The maximum atomic E-state index is 12.3. The second-order valence-corrected chi connectivity index (χ2v) is 3.70. The summed E-state index contributed by atoms with van der Waals surface area (Å²) >= 11 is 0. The topological polar surface area (TPSA) is 65.2 Å². The Morgan fingerprint density at radius 2 is 2.11 bits per heavy atom. The van der Waals surface area contributed by atoms with Gasteiger partial charge in [-0.3, -0.25) is 9.78 Å². The number of carbonyl (C=O) groups is 1. The van der Waals surface area contributed by atoms with Gasteiger partial charge < -0.3 is 10.5 Å². The maximum absolute atomic E-state index is 12.3. The quantitative estimate of drug-likeness (QED) is 0.680. The van der Waals surface area contributed by atoms with Crippen molar-refractivity contribution < 1.29 is 18.3 Å². The Hall–Kier alpha value is -2.50. The van der Waals surface area contributed by atoms with E-state index in [1.165, 1.54) is 36.7 Å². The summed E-state index contributed by atoms with van der Waals surface area (Å²) in [5, 5.41) is 0. The van der Waals surface area contributed by atoms with Gasteiger partial charge in [0.2, 0.25) is 0 Å². The molecule has 0 saturated heterocycles. The smallest absolute Gasteiger partial charge is 0.387 e. The van der Waals surface area contributed by atoms with Crippen molar-refractivity contribution in [2.24, 2.45) is 0 Å². The van der Waals surface area contributed by atoms with E-state index in [1.54, 1.807) is 6.07 Å². The van der Waals surface area contributed by atoms with E-state index in [1.807, 2.05) is 0 Å². The maximum Gasteiger partial charge on any atom is 0.387 e. The predicted octanol–water partition coefficient (Wildman–Crippen LogP) is 2.50. The molecule has 0 radical (unpaired) electrons. The predicted molar refractivity (Wildman–Crippen MR) is 65.2 cm³/mol. The van der Waals surface area contributed by atoms with Gasteiger partial charge in [0.1, 0.15) is 5.75 Å². The second-order valence-electron chi connectivity index (χ2n) is 3.70. The minimum absolute atomic E-state index is 0.0201. The zero-order valence-electron chi connectivity index (χ0n) is 9.72. The molecule has 2 N–H and O–H groups in total. The highest BCUT2D eigenvalue weighted by molar-refractivity contribution is 6.11. The first-order valence-corrected chi connectivity index (χ1v) is 5.37. The number of ketones is 1. The Morgan fingerprint density at radius 3 is 2.74 bits per heavy atom. The number of benzene rings is 1. The van der Waals surface area contributed by atoms with Crippen LogP contribution in [0.25, 0.3) is 0 Å². The summed E-state index contributed by atoms with van der Waals surface area (Å²) in [5.41, 5.74) is 6.10. The number of rotatable bonds is 4. The number of nitrogens with two attached hydrogens (primary N) is 1. The zero-order chi connectivity index (χ0) is 13.8. The van der Waals surface area contributed by atoms with Crippen molar-refractivity contribution in [1.29, 1.82) is 0 Å². The molecule has 0 aliphatic heterocycles. The number of carbonyl (C=O) groups excluding carboxylic acids is 1. The molecule has 0 amide bonds. The highest BCUT2D eigenvalue weighted by Gasteiger charge is 2.17. The first-order chi connectivity index (χ1) is 9.08. The molecule has 0 atom stereocenters. The second kappa shape index (κ2) is 5.43. The van der Waals surface area contributed by atoms with Crippen molar-refractivity contribution in [3.63, 3.8) is 0 Å². The first-order valence-electron chi connectivity index (χ1n) is 5.37. The molecule has 0 fully saturated rings. The number of halogens is 2. The third-order valence-corrected chi connectivity index (χ3v) is 2.39. The molecule has 1 aromatic heterocycles. The molecule has 1 heterocycles. The lowest BCUT2D eigenvalue weighted by atomic mass is 10.0. The Morgan fingerprint density at radius 1 is 1.32 bits per heavy atom. The van der Waals surface area contributed by atoms with Crippen molar-refractivity contribution in [2.75, 3.05) is 5.73 Å². The number of ether oxygens (including phenoxy) is 1. The number of anilines is 1. The van der Waals surface area contributed by atoms with Crippen LogP contribution >= 0.6 is 0 Å². The normalized spacial score (nSPS) is 10.5. The van der Waals surface area contributed by atoms with E-state index in [0.717, 1.165) is 0 Å². The van der Waals surface area contributed by atoms with E-state index in [-0.39, 0.29) is 22.6 Å². The van der Waals surface area contributed by atoms with Gasteiger partial charge in [0.25, 0.3) is 0 Å². The molecule has 4 nitrogen and oxygen atoms in total. The van der Waals surface area contributed by atoms with E-state index in [0.29, 0.717) is 0 Å². The van der Waals surface area contributed by atoms with Gasteiger partial charge in [-0.15, -0.1) is 0 Å². The molecule has 2 rings (SSSR count). The lowest BCUT2D eigenvalue weighted by Gasteiger charge is -2.10. The lowest BCUT2D eigenvalue weighted by molar-refractivity contribution is -0.0501. The summed E-state index contributed by atoms with van der Waals surface area (Å²) in [6.45, 7) is -3.01. The van der Waals surface area contributed by atoms with Gasteiger partial charge in [-0.2, -0.15) is 8.78 Å². The highest BCUT2D eigenvalue weighted by Crippen LogP contribution is 2.25. The van der Waals surface area contributed by atoms with Crippen LogP contribution in [0.1, 0.15) is 15.9 Å². The van der Waals surface area contributed by atoms with Crippen LogP contribution in [-0.2, 0) is 0 Å². The van der Waals surface area contributed by atoms with E-state index >= 15 is 0 Å². The molecule has 0 aliphatic rings. The Labute approximate surface area is 107 Å². The first kappa shape index (κ1) is 12.9. The van der Waals surface area contributed by atoms with Crippen LogP contribution in [-0.4, -0.2) is 17.4 Å². The minimum atomic E-state index is -3.01. The Balaban J connectivity index is 2.43. The summed E-state index contributed by atoms with van der Waals surface area (Å²) in [6, 6.07) is 7.04. The van der Waals surface area contributed by atoms with Gasteiger partial charge in [0.15, 0.2) is 5.78 Å². The van der Waals surface area contributed by atoms with Crippen molar-refractivity contribution >= 4 is 11.5 Å². The highest BCUT2D eigenvalue weighted by atomic mass is 19.3. The van der Waals surface area contributed by atoms with Gasteiger partial charge in [-0.05, 0) is 30.3 Å². The molecule has 0 bridgehead atoms. The Bertz CT molecular complexity index is 588. The molecular weight excluding hydrogens is 254 g/mol. The summed E-state index contributed by atoms with van der Waals surface area (Å²) in [7, 11) is 0. The van der Waals surface area contributed by atoms with Crippen LogP contribution in [0.3, 0.4) is 0 Å². The molecule has 0 unspecified atom stereocenters. The van der Waals surface area contributed by atoms with E-state index < -0.39 is 12.4 Å². The van der Waals surface area contributed by atoms with Crippen LogP contribution < -0.4 is 10.5 Å². The number of nitrogens with zero attached hydrogens (tertiary/aromatic N) is 1. The standard InChI is InChI=1S/C13H10F2N2O2/c14-13(15)19-11-4-3-9(16)6-10(11)12(18)8-2-1-5-17-7-8/h1-7,13H,16H2. The molecule has 0 aliphatic carbocycles. The molecule has 0 saturated carbocycles. The fourth-order valence-corrected chi connectivity index (χ4v) is 1.58. The zero-order valence-corrected chi connectivity index (χ0v) is 9.72. The monoisotopic (exact) mass is 264 g/mol. The lowest BCUT2D eigenvalue weighted by Crippen LogP contribution is -2.09. The van der Waals surface area contributed by atoms with Crippen LogP contribution in [0.5, 0.6) is 5.75 Å². The molecule has 2 aromatic rings. The van der Waals surface area contributed by atoms with Crippen molar-refractivity contribution in [2.45, 2.75) is 6.61 Å². The summed E-state index contributed by atoms with van der Waals surface area (Å²) in [6.07, 6.45) is 2.85. The van der Waals surface area contributed by atoms with E-state index in [9.17, 15) is 13.6 Å². The molecule has 0 spiro atoms. The third-order valence-electron chi connectivity index (χ3n) is 2.39. The van der Waals surface area contributed by atoms with Crippen molar-refractivity contribution in [3.05, 3.63) is 53.9 Å².